The predicted octanol–water partition coefficient (Wildman–Crippen LogP) is 5.36. The molecule has 2 aromatic rings. The van der Waals surface area contributed by atoms with E-state index in [0.717, 1.165) is 21.8 Å². The van der Waals surface area contributed by atoms with Crippen molar-refractivity contribution in [3.05, 3.63) is 68.0 Å². The summed E-state index contributed by atoms with van der Waals surface area (Å²) in [6.07, 6.45) is 1.67. The number of halogens is 2. The Morgan fingerprint density at radius 1 is 1.21 bits per heavy atom. The Bertz CT molecular complexity index is 934. The topological polar surface area (TPSA) is 55.8 Å². The number of imide groups is 1. The molecule has 0 N–H and O–H groups in total. The average molecular weight is 483 g/mol. The number of ether oxygens (including phenoxy) is 2. The number of methoxy groups -OCH3 is 1. The molecular formula is C20H17BrClNO4S. The van der Waals surface area contributed by atoms with Crippen LogP contribution in [0.25, 0.3) is 6.08 Å². The molecule has 0 unspecified atom stereocenters. The first kappa shape index (κ1) is 20.9. The van der Waals surface area contributed by atoms with Crippen LogP contribution in [0.2, 0.25) is 5.02 Å². The van der Waals surface area contributed by atoms with Crippen LogP contribution in [0.5, 0.6) is 5.75 Å². The lowest BCUT2D eigenvalue weighted by Gasteiger charge is -2.12. The van der Waals surface area contributed by atoms with Crippen LogP contribution >= 0.6 is 39.3 Å². The summed E-state index contributed by atoms with van der Waals surface area (Å²) in [5.74, 6) is 0.260. The molecule has 28 heavy (non-hydrogen) atoms. The minimum Gasteiger partial charge on any atom is -0.488 e. The van der Waals surface area contributed by atoms with Crippen LogP contribution in [0.4, 0.5) is 4.79 Å². The van der Waals surface area contributed by atoms with Gasteiger partial charge in [-0.25, -0.2) is 0 Å². The number of nitrogens with zero attached hydrogens (tertiary/aromatic N) is 1. The highest BCUT2D eigenvalue weighted by molar-refractivity contribution is 9.10. The molecular weight excluding hydrogens is 466 g/mol. The number of thioether (sulfide) groups is 1. The maximum absolute atomic E-state index is 12.5. The second-order valence-corrected chi connectivity index (χ2v) is 8.20. The molecule has 0 saturated carbocycles. The molecule has 1 saturated heterocycles. The first-order chi connectivity index (χ1) is 13.5. The lowest BCUT2D eigenvalue weighted by Crippen LogP contribution is -2.31. The van der Waals surface area contributed by atoms with Gasteiger partial charge in [0, 0.05) is 27.7 Å². The van der Waals surface area contributed by atoms with Crippen LogP contribution in [-0.2, 0) is 16.1 Å². The van der Waals surface area contributed by atoms with Crippen molar-refractivity contribution in [1.29, 1.82) is 0 Å². The molecule has 0 radical (unpaired) electrons. The fourth-order valence-corrected chi connectivity index (χ4v) is 3.98. The van der Waals surface area contributed by atoms with Crippen molar-refractivity contribution in [3.63, 3.8) is 0 Å². The monoisotopic (exact) mass is 481 g/mol. The van der Waals surface area contributed by atoms with Gasteiger partial charge in [-0.1, -0.05) is 45.7 Å². The number of amides is 2. The van der Waals surface area contributed by atoms with E-state index >= 15 is 0 Å². The van der Waals surface area contributed by atoms with Crippen LogP contribution in [0.15, 0.2) is 51.8 Å². The Morgan fingerprint density at radius 2 is 2.00 bits per heavy atom. The van der Waals surface area contributed by atoms with Crippen molar-refractivity contribution in [3.8, 4) is 5.75 Å². The summed E-state index contributed by atoms with van der Waals surface area (Å²) in [6, 6.07) is 12.9. The van der Waals surface area contributed by atoms with Crippen LogP contribution in [0.1, 0.15) is 11.1 Å². The van der Waals surface area contributed by atoms with E-state index in [4.69, 9.17) is 21.1 Å². The third-order valence-corrected chi connectivity index (χ3v) is 5.76. The maximum Gasteiger partial charge on any atom is 0.293 e. The van der Waals surface area contributed by atoms with Crippen LogP contribution < -0.4 is 4.74 Å². The molecule has 0 bridgehead atoms. The highest BCUT2D eigenvalue weighted by Crippen LogP contribution is 2.35. The molecule has 5 nitrogen and oxygen atoms in total. The standard InChI is InChI=1S/C20H17BrClNO4S/c1-26-9-8-23-19(24)18(28-20(23)25)11-14-10-15(21)6-7-17(14)27-12-13-4-2-3-5-16(13)22/h2-7,10-11H,8-9,12H2,1H3/b18-11+. The summed E-state index contributed by atoms with van der Waals surface area (Å²) in [5, 5.41) is 0.322. The van der Waals surface area contributed by atoms with E-state index in [1.54, 1.807) is 12.1 Å². The molecule has 0 aromatic heterocycles. The first-order valence-electron chi connectivity index (χ1n) is 8.39. The quantitative estimate of drug-likeness (QED) is 0.497. The van der Waals surface area contributed by atoms with Crippen molar-refractivity contribution in [2.75, 3.05) is 20.3 Å². The molecule has 3 rings (SSSR count). The molecule has 2 amide bonds. The van der Waals surface area contributed by atoms with E-state index in [2.05, 4.69) is 15.9 Å². The highest BCUT2D eigenvalue weighted by Gasteiger charge is 2.34. The van der Waals surface area contributed by atoms with Crippen molar-refractivity contribution in [2.24, 2.45) is 0 Å². The molecule has 0 spiro atoms. The minimum absolute atomic E-state index is 0.229. The SMILES string of the molecule is COCCN1C(=O)S/C(=C/c2cc(Br)ccc2OCc2ccccc2Cl)C1=O. The van der Waals surface area contributed by atoms with Gasteiger partial charge in [-0.05, 0) is 42.1 Å². The number of carbonyl (C=O) groups is 2. The zero-order chi connectivity index (χ0) is 20.1. The van der Waals surface area contributed by atoms with Gasteiger partial charge in [-0.3, -0.25) is 14.5 Å². The molecule has 1 aliphatic rings. The van der Waals surface area contributed by atoms with Gasteiger partial charge in [0.1, 0.15) is 12.4 Å². The minimum atomic E-state index is -0.330. The zero-order valence-corrected chi connectivity index (χ0v) is 18.1. The first-order valence-corrected chi connectivity index (χ1v) is 10.4. The van der Waals surface area contributed by atoms with Crippen molar-refractivity contribution in [1.82, 2.24) is 4.90 Å². The van der Waals surface area contributed by atoms with E-state index < -0.39 is 0 Å². The molecule has 0 atom stereocenters. The van der Waals surface area contributed by atoms with Crippen molar-refractivity contribution in [2.45, 2.75) is 6.61 Å². The summed E-state index contributed by atoms with van der Waals surface area (Å²) < 4.78 is 11.7. The lowest BCUT2D eigenvalue weighted by atomic mass is 10.1. The Balaban J connectivity index is 1.83. The third-order valence-electron chi connectivity index (χ3n) is 3.99. The lowest BCUT2D eigenvalue weighted by molar-refractivity contribution is -0.123. The number of hydrogen-bond acceptors (Lipinski definition) is 5. The fraction of sp³-hybridized carbons (Fsp3) is 0.200. The average Bonchev–Trinajstić information content (AvgIpc) is 2.93. The van der Waals surface area contributed by atoms with Gasteiger partial charge >= 0.3 is 0 Å². The van der Waals surface area contributed by atoms with Gasteiger partial charge in [-0.15, -0.1) is 0 Å². The Morgan fingerprint density at radius 3 is 2.75 bits per heavy atom. The van der Waals surface area contributed by atoms with Crippen LogP contribution in [-0.4, -0.2) is 36.3 Å². The summed E-state index contributed by atoms with van der Waals surface area (Å²) in [7, 11) is 1.53. The smallest absolute Gasteiger partial charge is 0.293 e. The number of rotatable bonds is 7. The van der Waals surface area contributed by atoms with E-state index in [1.807, 2.05) is 36.4 Å². The number of hydrogen-bond donors (Lipinski definition) is 0. The summed E-state index contributed by atoms with van der Waals surface area (Å²) in [6.45, 7) is 0.818. The van der Waals surface area contributed by atoms with Crippen LogP contribution in [0.3, 0.4) is 0 Å². The highest BCUT2D eigenvalue weighted by atomic mass is 79.9. The molecule has 8 heteroatoms. The second-order valence-electron chi connectivity index (χ2n) is 5.89. The largest absolute Gasteiger partial charge is 0.488 e. The molecule has 0 aliphatic carbocycles. The van der Waals surface area contributed by atoms with Gasteiger partial charge < -0.3 is 9.47 Å². The molecule has 2 aromatic carbocycles. The van der Waals surface area contributed by atoms with Crippen molar-refractivity contribution < 1.29 is 19.1 Å². The third kappa shape index (κ3) is 4.97. The Kier molecular flexibility index (Phi) is 7.18. The van der Waals surface area contributed by atoms with Gasteiger partial charge in [0.05, 0.1) is 18.1 Å². The van der Waals surface area contributed by atoms with E-state index in [-0.39, 0.29) is 24.3 Å². The summed E-state index contributed by atoms with van der Waals surface area (Å²) >= 11 is 10.5. The van der Waals surface area contributed by atoms with Crippen molar-refractivity contribution >= 4 is 56.5 Å². The zero-order valence-electron chi connectivity index (χ0n) is 15.0. The van der Waals surface area contributed by atoms with E-state index in [0.29, 0.717) is 27.8 Å². The normalized spacial score (nSPS) is 15.5. The number of benzene rings is 2. The molecule has 146 valence electrons. The maximum atomic E-state index is 12.5. The van der Waals surface area contributed by atoms with Gasteiger partial charge in [0.25, 0.3) is 11.1 Å². The predicted molar refractivity (Wildman–Crippen MR) is 114 cm³/mol. The number of carbonyl (C=O) groups excluding carboxylic acids is 2. The van der Waals surface area contributed by atoms with Gasteiger partial charge in [0.15, 0.2) is 0 Å². The summed E-state index contributed by atoms with van der Waals surface area (Å²) in [4.78, 5) is 26.2. The Labute approximate surface area is 180 Å². The summed E-state index contributed by atoms with van der Waals surface area (Å²) in [5.41, 5.74) is 1.55. The molecule has 1 heterocycles. The van der Waals surface area contributed by atoms with E-state index in [9.17, 15) is 9.59 Å². The molecule has 1 aliphatic heterocycles. The van der Waals surface area contributed by atoms with Crippen LogP contribution in [0, 0.1) is 0 Å². The Hall–Kier alpha value is -1.80. The van der Waals surface area contributed by atoms with Gasteiger partial charge in [-0.2, -0.15) is 0 Å². The van der Waals surface area contributed by atoms with E-state index in [1.165, 1.54) is 12.0 Å². The van der Waals surface area contributed by atoms with Gasteiger partial charge in [0.2, 0.25) is 0 Å². The fourth-order valence-electron chi connectivity index (χ4n) is 2.55. The second kappa shape index (κ2) is 9.60. The molecule has 1 fully saturated rings.